The van der Waals surface area contributed by atoms with Crippen LogP contribution < -0.4 is 0 Å². The summed E-state index contributed by atoms with van der Waals surface area (Å²) in [6, 6.07) is 73.6. The van der Waals surface area contributed by atoms with Crippen LogP contribution in [-0.4, -0.2) is 39.0 Å². The van der Waals surface area contributed by atoms with Crippen LogP contribution in [0.3, 0.4) is 0 Å². The molecule has 0 spiro atoms. The third kappa shape index (κ3) is 7.25. The zero-order valence-electron chi connectivity index (χ0n) is 48.3. The molecule has 0 fully saturated rings. The summed E-state index contributed by atoms with van der Waals surface area (Å²) in [6.45, 7) is 0. The van der Waals surface area contributed by atoms with Crippen LogP contribution in [0.2, 0.25) is 0 Å². The Morgan fingerprint density at radius 3 is 1.70 bits per heavy atom. The lowest BCUT2D eigenvalue weighted by molar-refractivity contribution is 0.669. The fourth-order valence-corrected chi connectivity index (χ4v) is 13.0. The van der Waals surface area contributed by atoms with Gasteiger partial charge in [0.05, 0.1) is 40.2 Å². The van der Waals surface area contributed by atoms with Crippen LogP contribution in [0.4, 0.5) is 0 Å². The van der Waals surface area contributed by atoms with Crippen LogP contribution in [0.5, 0.6) is 0 Å². The van der Waals surface area contributed by atoms with Gasteiger partial charge >= 0.3 is 0 Å². The summed E-state index contributed by atoms with van der Waals surface area (Å²) in [5, 5.41) is 8.39. The number of benzene rings is 11. The number of hydrogen-bond donors (Lipinski definition) is 0. The van der Waals surface area contributed by atoms with Crippen LogP contribution in [0.15, 0.2) is 259 Å². The Morgan fingerprint density at radius 2 is 0.939 bits per heavy atom. The first-order valence-electron chi connectivity index (χ1n) is 29.4. The van der Waals surface area contributed by atoms with Crippen molar-refractivity contribution < 1.29 is 11.3 Å². The Balaban J connectivity index is 0.977. The molecule has 17 aromatic rings. The normalized spacial score (nSPS) is 12.8. The van der Waals surface area contributed by atoms with Crippen molar-refractivity contribution in [3.8, 4) is 79.7 Å². The van der Waals surface area contributed by atoms with E-state index in [2.05, 4.69) is 112 Å². The SMILES string of the molecule is [2H]c1c([2H])c([2H])c(-c2nc(-c3ccc(-n4c5ccccc5c5ccc6c(c7ccccc7n6-c6ccc7sc8ccccc8c7c6)c54)c(-c4nc(-c5ccccc5)nc(-c5ccccc5)n4)c3)nc(-c3cccc4c3oc3ccccc34)n2)c([2H])c1[2H]. The van der Waals surface area contributed by atoms with E-state index in [1.165, 1.54) is 20.2 Å². The van der Waals surface area contributed by atoms with Gasteiger partial charge in [-0.15, -0.1) is 11.3 Å². The molecule has 0 N–H and O–H groups in total. The second-order valence-corrected chi connectivity index (χ2v) is 21.3. The van der Waals surface area contributed by atoms with Gasteiger partial charge in [-0.05, 0) is 72.8 Å². The molecule has 0 saturated carbocycles. The predicted octanol–water partition coefficient (Wildman–Crippen LogP) is 18.5. The lowest BCUT2D eigenvalue weighted by Gasteiger charge is -2.17. The molecule has 17 rings (SSSR count). The van der Waals surface area contributed by atoms with E-state index >= 15 is 0 Å². The number of rotatable bonds is 8. The quantitative estimate of drug-likeness (QED) is 0.149. The molecule has 0 atom stereocenters. The van der Waals surface area contributed by atoms with Crippen LogP contribution >= 0.6 is 11.3 Å². The fourth-order valence-electron chi connectivity index (χ4n) is 11.9. The Bertz CT molecular complexity index is 5660. The molecule has 0 amide bonds. The number of furan rings is 1. The van der Waals surface area contributed by atoms with Gasteiger partial charge in [-0.3, -0.25) is 0 Å². The molecule has 0 bridgehead atoms. The monoisotopic (exact) mass is 1070 g/mol. The number of nitrogens with zero attached hydrogens (tertiary/aromatic N) is 8. The molecule has 0 aliphatic carbocycles. The number of para-hydroxylation sites is 4. The van der Waals surface area contributed by atoms with E-state index in [0.717, 1.165) is 76.9 Å². The largest absolute Gasteiger partial charge is 0.455 e. The summed E-state index contributed by atoms with van der Waals surface area (Å²) >= 11 is 1.80. The van der Waals surface area contributed by atoms with E-state index in [1.54, 1.807) is 11.3 Å². The van der Waals surface area contributed by atoms with Gasteiger partial charge in [-0.1, -0.05) is 182 Å². The molecule has 82 heavy (non-hydrogen) atoms. The molecular formula is C72H42N8OS. The third-order valence-electron chi connectivity index (χ3n) is 15.5. The molecular weight excluding hydrogens is 1020 g/mol. The molecule has 6 aromatic heterocycles. The number of thiophene rings is 1. The Hall–Kier alpha value is -10.9. The molecule has 0 unspecified atom stereocenters. The number of fused-ring (bicyclic) bond motifs is 13. The highest BCUT2D eigenvalue weighted by atomic mass is 32.1. The average molecular weight is 1070 g/mol. The zero-order chi connectivity index (χ0) is 58.2. The smallest absolute Gasteiger partial charge is 0.167 e. The van der Waals surface area contributed by atoms with Gasteiger partial charge in [-0.2, -0.15) is 0 Å². The predicted molar refractivity (Wildman–Crippen MR) is 335 cm³/mol. The minimum Gasteiger partial charge on any atom is -0.455 e. The van der Waals surface area contributed by atoms with Gasteiger partial charge in [0.2, 0.25) is 0 Å². The highest BCUT2D eigenvalue weighted by Crippen LogP contribution is 2.46. The van der Waals surface area contributed by atoms with Crippen molar-refractivity contribution in [2.75, 3.05) is 0 Å². The van der Waals surface area contributed by atoms with Crippen molar-refractivity contribution in [2.24, 2.45) is 0 Å². The van der Waals surface area contributed by atoms with Crippen molar-refractivity contribution >= 4 is 97.1 Å². The van der Waals surface area contributed by atoms with Crippen LogP contribution in [0.25, 0.3) is 165 Å². The van der Waals surface area contributed by atoms with Crippen LogP contribution in [0, 0.1) is 0 Å². The van der Waals surface area contributed by atoms with E-state index in [4.69, 9.17) is 38.4 Å². The summed E-state index contributed by atoms with van der Waals surface area (Å²) in [6.07, 6.45) is 0. The highest BCUT2D eigenvalue weighted by molar-refractivity contribution is 7.25. The second-order valence-electron chi connectivity index (χ2n) is 20.2. The van der Waals surface area contributed by atoms with Crippen LogP contribution in [-0.2, 0) is 0 Å². The molecule has 9 nitrogen and oxygen atoms in total. The van der Waals surface area contributed by atoms with E-state index < -0.39 is 30.2 Å². The fraction of sp³-hybridized carbons (Fsp3) is 0. The van der Waals surface area contributed by atoms with Crippen molar-refractivity contribution in [1.29, 1.82) is 0 Å². The molecule has 0 aliphatic rings. The van der Waals surface area contributed by atoms with Gasteiger partial charge in [-0.25, -0.2) is 29.9 Å². The molecule has 11 aromatic carbocycles. The second kappa shape index (κ2) is 18.3. The number of aromatic nitrogens is 8. The minimum absolute atomic E-state index is 0.115. The third-order valence-corrected chi connectivity index (χ3v) is 16.7. The van der Waals surface area contributed by atoms with Crippen LogP contribution in [0.1, 0.15) is 6.85 Å². The first-order valence-corrected chi connectivity index (χ1v) is 27.7. The summed E-state index contributed by atoms with van der Waals surface area (Å²) in [5.41, 5.74) is 10.0. The van der Waals surface area contributed by atoms with Crippen molar-refractivity contribution in [1.82, 2.24) is 39.0 Å². The average Bonchev–Trinajstić information content (AvgIpc) is 1.62. The molecule has 0 radical (unpaired) electrons. The number of hydrogen-bond acceptors (Lipinski definition) is 8. The maximum absolute atomic E-state index is 9.19. The lowest BCUT2D eigenvalue weighted by Crippen LogP contribution is -2.05. The maximum atomic E-state index is 9.19. The van der Waals surface area contributed by atoms with E-state index in [-0.39, 0.29) is 23.0 Å². The van der Waals surface area contributed by atoms with Gasteiger partial charge in [0, 0.05) is 86.0 Å². The molecule has 382 valence electrons. The van der Waals surface area contributed by atoms with Crippen molar-refractivity contribution in [3.05, 3.63) is 255 Å². The Labute approximate surface area is 479 Å². The Morgan fingerprint density at radius 1 is 0.354 bits per heavy atom. The van der Waals surface area contributed by atoms with E-state index in [1.807, 2.05) is 121 Å². The first-order chi connectivity index (χ1) is 42.7. The molecule has 6 heterocycles. The summed E-state index contributed by atoms with van der Waals surface area (Å²) < 4.78 is 58.1. The summed E-state index contributed by atoms with van der Waals surface area (Å²) in [5.74, 6) is 1.50. The van der Waals surface area contributed by atoms with E-state index in [9.17, 15) is 2.74 Å². The first kappa shape index (κ1) is 41.2. The van der Waals surface area contributed by atoms with Gasteiger partial charge in [0.25, 0.3) is 0 Å². The standard InChI is InChI=1S/C72H42N8OS/c1-4-19-43(20-5-1)67-73-68(44-21-6-2-7-22-44)77-72(76-67)56-41-46(70-74-69(45-23-8-3-9-24-45)75-71(78-70)54-30-18-29-52-49-26-12-16-33-61(49)81-66(52)54)35-38-59(56)80-57-31-14-10-25-48(57)51-37-39-60-64(65(51)80)53-28-11-15-32-58(53)79(60)47-36-40-63-55(42-47)50-27-13-17-34-62(50)82-63/h1-42H/i3D,8D,9D,23D,24D. The minimum atomic E-state index is -0.530. The molecule has 10 heteroatoms. The Kier molecular flexibility index (Phi) is 9.19. The van der Waals surface area contributed by atoms with Gasteiger partial charge in [0.15, 0.2) is 34.9 Å². The van der Waals surface area contributed by atoms with Crippen molar-refractivity contribution in [2.45, 2.75) is 0 Å². The van der Waals surface area contributed by atoms with E-state index in [0.29, 0.717) is 45.3 Å². The van der Waals surface area contributed by atoms with Gasteiger partial charge in [0.1, 0.15) is 11.2 Å². The summed E-state index contributed by atoms with van der Waals surface area (Å²) in [7, 11) is 0. The topological polar surface area (TPSA) is 100 Å². The zero-order valence-corrected chi connectivity index (χ0v) is 44.1. The lowest BCUT2D eigenvalue weighted by atomic mass is 10.0. The van der Waals surface area contributed by atoms with Gasteiger partial charge < -0.3 is 13.6 Å². The molecule has 0 saturated heterocycles. The highest BCUT2D eigenvalue weighted by Gasteiger charge is 2.26. The summed E-state index contributed by atoms with van der Waals surface area (Å²) in [4.78, 5) is 31.2. The van der Waals surface area contributed by atoms with Crippen molar-refractivity contribution in [3.63, 3.8) is 0 Å². The molecule has 0 aliphatic heterocycles. The maximum Gasteiger partial charge on any atom is 0.167 e.